The quantitative estimate of drug-likeness (QED) is 0.882. The molecule has 2 unspecified atom stereocenters. The molecule has 0 radical (unpaired) electrons. The zero-order valence-electron chi connectivity index (χ0n) is 12.1. The van der Waals surface area contributed by atoms with Crippen LogP contribution >= 0.6 is 0 Å². The summed E-state index contributed by atoms with van der Waals surface area (Å²) in [6, 6.07) is 10.3. The molecular formula is C16H24N2O. The molecule has 0 aliphatic carbocycles. The summed E-state index contributed by atoms with van der Waals surface area (Å²) in [7, 11) is 1.91. The second-order valence-corrected chi connectivity index (χ2v) is 5.84. The van der Waals surface area contributed by atoms with Gasteiger partial charge in [0.2, 0.25) is 5.91 Å². The first kappa shape index (κ1) is 14.1. The van der Waals surface area contributed by atoms with Crippen LogP contribution in [0.2, 0.25) is 0 Å². The van der Waals surface area contributed by atoms with Gasteiger partial charge in [-0.05, 0) is 30.7 Å². The molecule has 0 saturated carbocycles. The number of benzene rings is 1. The summed E-state index contributed by atoms with van der Waals surface area (Å²) in [6.07, 6.45) is 3.05. The third-order valence-corrected chi connectivity index (χ3v) is 3.77. The van der Waals surface area contributed by atoms with E-state index in [2.05, 4.69) is 31.3 Å². The summed E-state index contributed by atoms with van der Waals surface area (Å²) in [4.78, 5) is 14.1. The third kappa shape index (κ3) is 3.57. The Labute approximate surface area is 116 Å². The van der Waals surface area contributed by atoms with Crippen LogP contribution in [0.15, 0.2) is 30.3 Å². The molecule has 1 heterocycles. The predicted octanol–water partition coefficient (Wildman–Crippen LogP) is 2.42. The molecule has 1 aliphatic rings. The molecule has 2 atom stereocenters. The number of nitrogens with zero attached hydrogens (tertiary/aromatic N) is 1. The van der Waals surface area contributed by atoms with Gasteiger partial charge in [-0.15, -0.1) is 0 Å². The second-order valence-electron chi connectivity index (χ2n) is 5.84. The highest BCUT2D eigenvalue weighted by atomic mass is 16.2. The van der Waals surface area contributed by atoms with Crippen molar-refractivity contribution < 1.29 is 4.79 Å². The highest BCUT2D eigenvalue weighted by molar-refractivity contribution is 5.84. The molecular weight excluding hydrogens is 236 g/mol. The van der Waals surface area contributed by atoms with E-state index in [1.54, 1.807) is 0 Å². The Bertz CT molecular complexity index is 416. The molecule has 1 amide bonds. The fraction of sp³-hybridized carbons (Fsp3) is 0.562. The minimum absolute atomic E-state index is 0.0195. The Balaban J connectivity index is 1.89. The van der Waals surface area contributed by atoms with Crippen LogP contribution < -0.4 is 5.32 Å². The summed E-state index contributed by atoms with van der Waals surface area (Å²) < 4.78 is 0. The first-order valence-corrected chi connectivity index (χ1v) is 7.14. The van der Waals surface area contributed by atoms with Gasteiger partial charge in [0.25, 0.3) is 0 Å². The number of hydrogen-bond donors (Lipinski definition) is 1. The van der Waals surface area contributed by atoms with Crippen molar-refractivity contribution in [3.8, 4) is 0 Å². The third-order valence-electron chi connectivity index (χ3n) is 3.77. The Morgan fingerprint density at radius 3 is 2.58 bits per heavy atom. The molecule has 1 aromatic rings. The molecule has 3 heteroatoms. The smallest absolute Gasteiger partial charge is 0.240 e. The van der Waals surface area contributed by atoms with Crippen LogP contribution in [0, 0.1) is 5.92 Å². The number of carbonyl (C=O) groups excluding carboxylic acids is 1. The van der Waals surface area contributed by atoms with Crippen molar-refractivity contribution >= 4 is 5.91 Å². The molecule has 0 spiro atoms. The first-order valence-electron chi connectivity index (χ1n) is 7.14. The van der Waals surface area contributed by atoms with Gasteiger partial charge in [0.1, 0.15) is 0 Å². The first-order chi connectivity index (χ1) is 9.08. The van der Waals surface area contributed by atoms with E-state index >= 15 is 0 Å². The number of aryl methyl sites for hydroxylation is 1. The average molecular weight is 260 g/mol. The normalized spacial score (nSPS) is 23.4. The summed E-state index contributed by atoms with van der Waals surface area (Å²) in [5.41, 5.74) is 1.30. The van der Waals surface area contributed by atoms with Gasteiger partial charge >= 0.3 is 0 Å². The number of likely N-dealkylation sites (N-methyl/N-ethyl adjacent to an activating group) is 1. The van der Waals surface area contributed by atoms with Gasteiger partial charge in [0.05, 0.1) is 12.2 Å². The van der Waals surface area contributed by atoms with Crippen molar-refractivity contribution in [2.75, 3.05) is 7.05 Å². The second kappa shape index (κ2) is 6.20. The van der Waals surface area contributed by atoms with Crippen molar-refractivity contribution in [2.24, 2.45) is 5.92 Å². The molecule has 104 valence electrons. The van der Waals surface area contributed by atoms with Crippen molar-refractivity contribution in [2.45, 2.75) is 45.3 Å². The maximum Gasteiger partial charge on any atom is 0.240 e. The molecule has 1 aliphatic heterocycles. The zero-order chi connectivity index (χ0) is 13.8. The van der Waals surface area contributed by atoms with Crippen LogP contribution in [-0.4, -0.2) is 30.1 Å². The van der Waals surface area contributed by atoms with E-state index in [0.717, 1.165) is 19.3 Å². The zero-order valence-corrected chi connectivity index (χ0v) is 12.1. The Morgan fingerprint density at radius 2 is 1.95 bits per heavy atom. The van der Waals surface area contributed by atoms with E-state index < -0.39 is 0 Å². The van der Waals surface area contributed by atoms with E-state index in [0.29, 0.717) is 5.92 Å². The van der Waals surface area contributed by atoms with Crippen molar-refractivity contribution in [3.05, 3.63) is 35.9 Å². The van der Waals surface area contributed by atoms with Crippen molar-refractivity contribution in [1.82, 2.24) is 10.2 Å². The Morgan fingerprint density at radius 1 is 1.26 bits per heavy atom. The van der Waals surface area contributed by atoms with Crippen LogP contribution in [0.25, 0.3) is 0 Å². The monoisotopic (exact) mass is 260 g/mol. The van der Waals surface area contributed by atoms with E-state index in [9.17, 15) is 4.79 Å². The van der Waals surface area contributed by atoms with E-state index in [-0.39, 0.29) is 18.1 Å². The number of amides is 1. The average Bonchev–Trinajstić information content (AvgIpc) is 2.65. The van der Waals surface area contributed by atoms with Crippen LogP contribution in [0.3, 0.4) is 0 Å². The molecule has 19 heavy (non-hydrogen) atoms. The summed E-state index contributed by atoms with van der Waals surface area (Å²) in [5.74, 6) is 0.835. The highest BCUT2D eigenvalue weighted by Crippen LogP contribution is 2.18. The molecule has 1 fully saturated rings. The van der Waals surface area contributed by atoms with Gasteiger partial charge in [-0.3, -0.25) is 10.1 Å². The van der Waals surface area contributed by atoms with Gasteiger partial charge < -0.3 is 4.90 Å². The topological polar surface area (TPSA) is 32.3 Å². The molecule has 0 bridgehead atoms. The minimum atomic E-state index is -0.0195. The SMILES string of the molecule is CC(C)CC1NC(CCc2ccccc2)C(=O)N1C. The van der Waals surface area contributed by atoms with Crippen molar-refractivity contribution in [3.63, 3.8) is 0 Å². The van der Waals surface area contributed by atoms with Gasteiger partial charge in [0.15, 0.2) is 0 Å². The summed E-state index contributed by atoms with van der Waals surface area (Å²) >= 11 is 0. The Kier molecular flexibility index (Phi) is 4.59. The standard InChI is InChI=1S/C16H24N2O/c1-12(2)11-15-17-14(16(19)18(15)3)10-9-13-7-5-4-6-8-13/h4-8,12,14-15,17H,9-11H2,1-3H3. The molecule has 1 aromatic carbocycles. The molecule has 1 saturated heterocycles. The van der Waals surface area contributed by atoms with E-state index in [4.69, 9.17) is 0 Å². The lowest BCUT2D eigenvalue weighted by Gasteiger charge is -2.20. The minimum Gasteiger partial charge on any atom is -0.329 e. The fourth-order valence-corrected chi connectivity index (χ4v) is 2.65. The molecule has 1 N–H and O–H groups in total. The molecule has 2 rings (SSSR count). The van der Waals surface area contributed by atoms with E-state index in [1.807, 2.05) is 30.1 Å². The summed E-state index contributed by atoms with van der Waals surface area (Å²) in [6.45, 7) is 4.38. The predicted molar refractivity (Wildman–Crippen MR) is 77.7 cm³/mol. The van der Waals surface area contributed by atoms with Gasteiger partial charge in [-0.2, -0.15) is 0 Å². The van der Waals surface area contributed by atoms with Crippen LogP contribution in [0.5, 0.6) is 0 Å². The Hall–Kier alpha value is -1.35. The van der Waals surface area contributed by atoms with Crippen LogP contribution in [0.1, 0.15) is 32.3 Å². The number of rotatable bonds is 5. The lowest BCUT2D eigenvalue weighted by molar-refractivity contribution is -0.128. The number of nitrogens with one attached hydrogen (secondary N) is 1. The lowest BCUT2D eigenvalue weighted by Crippen LogP contribution is -2.35. The largest absolute Gasteiger partial charge is 0.329 e. The maximum absolute atomic E-state index is 12.2. The van der Waals surface area contributed by atoms with Gasteiger partial charge in [-0.25, -0.2) is 0 Å². The van der Waals surface area contributed by atoms with Crippen molar-refractivity contribution in [1.29, 1.82) is 0 Å². The fourth-order valence-electron chi connectivity index (χ4n) is 2.65. The molecule has 3 nitrogen and oxygen atoms in total. The van der Waals surface area contributed by atoms with Crippen LogP contribution in [-0.2, 0) is 11.2 Å². The lowest BCUT2D eigenvalue weighted by atomic mass is 10.1. The van der Waals surface area contributed by atoms with E-state index in [1.165, 1.54) is 5.56 Å². The maximum atomic E-state index is 12.2. The van der Waals surface area contributed by atoms with Gasteiger partial charge in [-0.1, -0.05) is 44.2 Å². The number of carbonyl (C=O) groups is 1. The number of hydrogen-bond acceptors (Lipinski definition) is 2. The molecule has 0 aromatic heterocycles. The van der Waals surface area contributed by atoms with Crippen LogP contribution in [0.4, 0.5) is 0 Å². The highest BCUT2D eigenvalue weighted by Gasteiger charge is 2.35. The van der Waals surface area contributed by atoms with Gasteiger partial charge in [0, 0.05) is 7.05 Å². The summed E-state index contributed by atoms with van der Waals surface area (Å²) in [5, 5.41) is 3.47.